The van der Waals surface area contributed by atoms with Crippen molar-refractivity contribution in [2.45, 2.75) is 0 Å². The van der Waals surface area contributed by atoms with Gasteiger partial charge in [-0.05, 0) is 0 Å². The summed E-state index contributed by atoms with van der Waals surface area (Å²) in [5.41, 5.74) is 0. The third-order valence-electron chi connectivity index (χ3n) is 0. The van der Waals surface area contributed by atoms with Gasteiger partial charge >= 0.3 is 20.1 Å². The van der Waals surface area contributed by atoms with Crippen molar-refractivity contribution >= 4 is 0 Å². The molecule has 1 N–H and O–H groups in total. The second-order valence-corrected chi connectivity index (χ2v) is 2.66. The molecule has 0 atom stereocenters. The van der Waals surface area contributed by atoms with E-state index in [4.69, 9.17) is 13.7 Å². The maximum atomic E-state index is 8.73. The van der Waals surface area contributed by atoms with E-state index in [1.807, 2.05) is 0 Å². The first-order valence-corrected chi connectivity index (χ1v) is 4.24. The molecule has 0 heterocycles. The fourth-order valence-electron chi connectivity index (χ4n) is 0. The Morgan fingerprint density at radius 1 is 1.17 bits per heavy atom. The molecule has 0 radical (unpaired) electrons. The summed E-state index contributed by atoms with van der Waals surface area (Å²) in [4.78, 5) is 0. The zero-order valence-electron chi connectivity index (χ0n) is 2.40. The molecule has 0 aliphatic heterocycles. The normalized spacial score (nSPS) is 10.0. The molecule has 0 fully saturated rings. The second kappa shape index (κ2) is 3.23. The molecule has 0 spiro atoms. The quantitative estimate of drug-likeness (QED) is 0.355. The summed E-state index contributed by atoms with van der Waals surface area (Å²) >= 11 is -5.69. The van der Waals surface area contributed by atoms with Gasteiger partial charge in [0, 0.05) is 22.9 Å². The van der Waals surface area contributed by atoms with E-state index >= 15 is 0 Å². The van der Waals surface area contributed by atoms with Crippen LogP contribution in [-0.4, -0.2) is 3.44 Å². The van der Waals surface area contributed by atoms with Crippen LogP contribution < -0.4 is 30.4 Å². The van der Waals surface area contributed by atoms with Crippen molar-refractivity contribution in [2.75, 3.05) is 0 Å². The van der Waals surface area contributed by atoms with Crippen LogP contribution >= 0.6 is 0 Å². The van der Waals surface area contributed by atoms with Gasteiger partial charge in [0.05, 0.1) is 0 Å². The van der Waals surface area contributed by atoms with Crippen molar-refractivity contribution in [3.05, 3.63) is 0 Å². The largest absolute Gasteiger partial charge is 0.368 e. The molecule has 0 unspecified atom stereocenters. The minimum atomic E-state index is -5.69. The molecule has 0 amide bonds. The standard InChI is InChI=1S/HIO4.Ru/c2-1(3,4)5;/h2H;. The van der Waals surface area contributed by atoms with E-state index < -0.39 is 20.1 Å². The van der Waals surface area contributed by atoms with Gasteiger partial charge in [0.25, 0.3) is 0 Å². The summed E-state index contributed by atoms with van der Waals surface area (Å²) in [6, 6.07) is 0. The summed E-state index contributed by atoms with van der Waals surface area (Å²) in [6.45, 7) is 0. The van der Waals surface area contributed by atoms with Crippen LogP contribution in [0, 0.1) is 0 Å². The van der Waals surface area contributed by atoms with Gasteiger partial charge in [-0.15, -0.1) is 0 Å². The average Bonchev–Trinajstić information content (AvgIpc) is 0.722. The molecule has 0 aliphatic carbocycles. The van der Waals surface area contributed by atoms with Crippen LogP contribution in [0.25, 0.3) is 0 Å². The van der Waals surface area contributed by atoms with E-state index in [2.05, 4.69) is 0 Å². The first-order chi connectivity index (χ1) is 2.00. The Morgan fingerprint density at radius 2 is 1.17 bits per heavy atom. The van der Waals surface area contributed by atoms with Gasteiger partial charge in [-0.3, -0.25) is 10.3 Å². The molecular formula is HIO4Ru. The van der Waals surface area contributed by atoms with Crippen LogP contribution in [0.4, 0.5) is 0 Å². The summed E-state index contributed by atoms with van der Waals surface area (Å²) in [6.07, 6.45) is 0. The molecular weight excluding hydrogens is 292 g/mol. The number of hydrogen-bond donors (Lipinski definition) is 1. The van der Waals surface area contributed by atoms with Gasteiger partial charge in [0.1, 0.15) is 0 Å². The van der Waals surface area contributed by atoms with E-state index in [1.165, 1.54) is 0 Å². The van der Waals surface area contributed by atoms with Crippen molar-refractivity contribution in [2.24, 2.45) is 0 Å². The van der Waals surface area contributed by atoms with Gasteiger partial charge in [-0.1, -0.05) is 0 Å². The van der Waals surface area contributed by atoms with Gasteiger partial charge in [0.15, 0.2) is 0 Å². The number of rotatable bonds is 0. The fourth-order valence-corrected chi connectivity index (χ4v) is 0. The topological polar surface area (TPSA) is 89.4 Å². The summed E-state index contributed by atoms with van der Waals surface area (Å²) in [7, 11) is 0. The Bertz CT molecular complexity index is 23.0. The van der Waals surface area contributed by atoms with Crippen LogP contribution in [0.15, 0.2) is 0 Å². The smallest absolute Gasteiger partial charge is 0.256 e. The van der Waals surface area contributed by atoms with E-state index in [9.17, 15) is 0 Å². The van der Waals surface area contributed by atoms with Crippen molar-refractivity contribution in [1.29, 1.82) is 0 Å². The van der Waals surface area contributed by atoms with E-state index in [1.54, 1.807) is 0 Å². The second-order valence-electron chi connectivity index (χ2n) is 0.396. The minimum Gasteiger partial charge on any atom is -0.256 e. The van der Waals surface area contributed by atoms with Crippen LogP contribution in [0.3, 0.4) is 0 Å². The van der Waals surface area contributed by atoms with Crippen molar-refractivity contribution in [3.63, 3.8) is 0 Å². The Balaban J connectivity index is 0. The molecule has 0 aliphatic rings. The van der Waals surface area contributed by atoms with E-state index in [0.29, 0.717) is 0 Å². The molecule has 6 heavy (non-hydrogen) atoms. The van der Waals surface area contributed by atoms with Gasteiger partial charge in [-0.25, -0.2) is 0 Å². The van der Waals surface area contributed by atoms with Crippen molar-refractivity contribution in [1.82, 2.24) is 0 Å². The van der Waals surface area contributed by atoms with Gasteiger partial charge in [-0.2, -0.15) is 0 Å². The first-order valence-electron chi connectivity index (χ1n) is 0.632. The summed E-state index contributed by atoms with van der Waals surface area (Å²) < 4.78 is 33.2. The Kier molecular flexibility index (Phi) is 5.50. The fraction of sp³-hybridized carbons (Fsp3) is 0. The molecule has 0 aromatic rings. The van der Waals surface area contributed by atoms with Crippen molar-refractivity contribution < 1.29 is 53.3 Å². The molecule has 40 valence electrons. The summed E-state index contributed by atoms with van der Waals surface area (Å²) in [5, 5.41) is 0. The van der Waals surface area contributed by atoms with Crippen LogP contribution in [-0.2, 0) is 19.5 Å². The molecule has 0 saturated heterocycles. The molecule has 4 nitrogen and oxygen atoms in total. The van der Waals surface area contributed by atoms with Crippen LogP contribution in [0.1, 0.15) is 0 Å². The van der Waals surface area contributed by atoms with E-state index in [0.717, 1.165) is 0 Å². The Morgan fingerprint density at radius 3 is 1.17 bits per heavy atom. The molecule has 0 saturated carbocycles. The maximum Gasteiger partial charge on any atom is 0.368 e. The Hall–Kier alpha value is 1.19. The molecule has 0 aromatic carbocycles. The number of hydrogen-bond acceptors (Lipinski definition) is 4. The van der Waals surface area contributed by atoms with Crippen LogP contribution in [0.5, 0.6) is 0 Å². The maximum absolute atomic E-state index is 8.73. The molecule has 0 bridgehead atoms. The zero-order chi connectivity index (χ0) is 4.50. The van der Waals surface area contributed by atoms with E-state index in [-0.39, 0.29) is 19.5 Å². The minimum absolute atomic E-state index is 0. The predicted octanol–water partition coefficient (Wildman–Crippen LogP) is -7.12. The molecule has 6 heteroatoms. The SMILES string of the molecule is [O-][I+3]([O-])([O-])O.[Ru]. The van der Waals surface area contributed by atoms with Gasteiger partial charge < -0.3 is 0 Å². The molecule has 0 aromatic heterocycles. The summed E-state index contributed by atoms with van der Waals surface area (Å²) in [5.74, 6) is 0. The van der Waals surface area contributed by atoms with Gasteiger partial charge in [0.2, 0.25) is 0 Å². The van der Waals surface area contributed by atoms with Crippen LogP contribution in [0.2, 0.25) is 0 Å². The predicted molar refractivity (Wildman–Crippen MR) is 2.22 cm³/mol. The Labute approximate surface area is 53.3 Å². The monoisotopic (exact) mass is 294 g/mol. The third-order valence-corrected chi connectivity index (χ3v) is 0. The number of halogens is 1. The first kappa shape index (κ1) is 10.2. The molecule has 0 rings (SSSR count). The zero-order valence-corrected chi connectivity index (χ0v) is 6.30. The third kappa shape index (κ3) is 64.1. The van der Waals surface area contributed by atoms with Crippen molar-refractivity contribution in [3.8, 4) is 0 Å². The average molecular weight is 293 g/mol.